The van der Waals surface area contributed by atoms with Crippen LogP contribution < -0.4 is 15.8 Å². The molecule has 1 heterocycles. The number of nitrogens with two attached hydrogens (primary N) is 1. The Hall–Kier alpha value is -2.53. The van der Waals surface area contributed by atoms with Crippen LogP contribution in [0.25, 0.3) is 21.9 Å². The number of furan rings is 1. The number of hydrogen-bond donors (Lipinski definition) is 2. The molecule has 108 valence electrons. The van der Waals surface area contributed by atoms with Gasteiger partial charge >= 0.3 is 0 Å². The largest absolute Gasteiger partial charge is 0.495 e. The van der Waals surface area contributed by atoms with E-state index in [-0.39, 0.29) is 5.91 Å². The summed E-state index contributed by atoms with van der Waals surface area (Å²) in [6.07, 6.45) is 0. The molecule has 3 rings (SSSR count). The van der Waals surface area contributed by atoms with E-state index in [1.54, 1.807) is 20.1 Å². The Labute approximate surface area is 121 Å². The number of anilines is 1. The number of ether oxygens (including phenoxy) is 1. The number of carbonyl (C=O) groups is 1. The molecule has 3 N–H and O–H groups in total. The standard InChI is InChI=1S/C16H16N2O3/c1-9(17)16(19)18-12-8-14-11(7-15(12)20-2)10-5-3-4-6-13(10)21-14/h3-9H,17H2,1-2H3,(H,18,19)/t9-/m0/s1. The summed E-state index contributed by atoms with van der Waals surface area (Å²) in [6.45, 7) is 1.63. The fraction of sp³-hybridized carbons (Fsp3) is 0.188. The maximum Gasteiger partial charge on any atom is 0.241 e. The molecule has 0 aliphatic carbocycles. The average molecular weight is 284 g/mol. The topological polar surface area (TPSA) is 77.5 Å². The van der Waals surface area contributed by atoms with Gasteiger partial charge in [0.1, 0.15) is 16.9 Å². The second kappa shape index (κ2) is 5.10. The van der Waals surface area contributed by atoms with Gasteiger partial charge in [0.05, 0.1) is 18.8 Å². The predicted molar refractivity (Wildman–Crippen MR) is 82.6 cm³/mol. The third-order valence-corrected chi connectivity index (χ3v) is 3.37. The molecule has 0 saturated heterocycles. The second-order valence-corrected chi connectivity index (χ2v) is 4.92. The van der Waals surface area contributed by atoms with E-state index < -0.39 is 6.04 Å². The zero-order valence-electron chi connectivity index (χ0n) is 11.8. The van der Waals surface area contributed by atoms with Gasteiger partial charge in [-0.3, -0.25) is 4.79 Å². The van der Waals surface area contributed by atoms with Gasteiger partial charge in [0.15, 0.2) is 0 Å². The molecule has 0 unspecified atom stereocenters. The van der Waals surface area contributed by atoms with Gasteiger partial charge in [0, 0.05) is 16.8 Å². The molecule has 1 atom stereocenters. The van der Waals surface area contributed by atoms with E-state index >= 15 is 0 Å². The first kappa shape index (κ1) is 13.5. The minimum Gasteiger partial charge on any atom is -0.495 e. The molecule has 0 bridgehead atoms. The first-order chi connectivity index (χ1) is 10.1. The number of carbonyl (C=O) groups excluding carboxylic acids is 1. The SMILES string of the molecule is COc1cc2c(cc1NC(=O)[C@H](C)N)oc1ccccc12. The molecule has 2 aromatic carbocycles. The maximum atomic E-state index is 11.8. The third kappa shape index (κ3) is 2.32. The predicted octanol–water partition coefficient (Wildman–Crippen LogP) is 2.88. The molecule has 0 fully saturated rings. The number of benzene rings is 2. The summed E-state index contributed by atoms with van der Waals surface area (Å²) in [4.78, 5) is 11.8. The number of methoxy groups -OCH3 is 1. The van der Waals surface area contributed by atoms with E-state index in [2.05, 4.69) is 5.32 Å². The number of hydrogen-bond acceptors (Lipinski definition) is 4. The average Bonchev–Trinajstić information content (AvgIpc) is 2.83. The Balaban J connectivity index is 2.17. The van der Waals surface area contributed by atoms with Gasteiger partial charge in [-0.1, -0.05) is 18.2 Å². The molecule has 0 spiro atoms. The summed E-state index contributed by atoms with van der Waals surface area (Å²) in [6, 6.07) is 10.8. The van der Waals surface area contributed by atoms with Crippen molar-refractivity contribution in [3.05, 3.63) is 36.4 Å². The Morgan fingerprint density at radius 1 is 1.24 bits per heavy atom. The summed E-state index contributed by atoms with van der Waals surface area (Å²) in [5.41, 5.74) is 7.61. The van der Waals surface area contributed by atoms with E-state index in [0.717, 1.165) is 16.4 Å². The first-order valence-corrected chi connectivity index (χ1v) is 6.66. The van der Waals surface area contributed by atoms with Crippen LogP contribution in [0.2, 0.25) is 0 Å². The minimum absolute atomic E-state index is 0.274. The van der Waals surface area contributed by atoms with Crippen LogP contribution in [-0.4, -0.2) is 19.1 Å². The van der Waals surface area contributed by atoms with Gasteiger partial charge in [-0.25, -0.2) is 0 Å². The Bertz CT molecular complexity index is 821. The fourth-order valence-electron chi connectivity index (χ4n) is 2.26. The van der Waals surface area contributed by atoms with Gasteiger partial charge in [-0.05, 0) is 19.1 Å². The van der Waals surface area contributed by atoms with Gasteiger partial charge in [0.25, 0.3) is 0 Å². The molecular formula is C16H16N2O3. The molecule has 21 heavy (non-hydrogen) atoms. The van der Waals surface area contributed by atoms with Crippen LogP contribution in [0.5, 0.6) is 5.75 Å². The summed E-state index contributed by atoms with van der Waals surface area (Å²) in [5.74, 6) is 0.298. The molecule has 0 aliphatic heterocycles. The molecule has 5 heteroatoms. The summed E-state index contributed by atoms with van der Waals surface area (Å²) in [5, 5.41) is 4.70. The molecule has 1 amide bonds. The van der Waals surface area contributed by atoms with Crippen molar-refractivity contribution in [1.82, 2.24) is 0 Å². The highest BCUT2D eigenvalue weighted by molar-refractivity contribution is 6.08. The molecule has 5 nitrogen and oxygen atoms in total. The van der Waals surface area contributed by atoms with Gasteiger partial charge < -0.3 is 20.2 Å². The quantitative estimate of drug-likeness (QED) is 0.775. The van der Waals surface area contributed by atoms with E-state index in [4.69, 9.17) is 14.9 Å². The maximum absolute atomic E-state index is 11.8. The Morgan fingerprint density at radius 3 is 2.71 bits per heavy atom. The van der Waals surface area contributed by atoms with Crippen molar-refractivity contribution in [3.63, 3.8) is 0 Å². The van der Waals surface area contributed by atoms with Crippen LogP contribution in [0, 0.1) is 0 Å². The summed E-state index contributed by atoms with van der Waals surface area (Å²) in [7, 11) is 1.56. The highest BCUT2D eigenvalue weighted by atomic mass is 16.5. The monoisotopic (exact) mass is 284 g/mol. The number of rotatable bonds is 3. The van der Waals surface area contributed by atoms with Gasteiger partial charge in [0.2, 0.25) is 5.91 Å². The highest BCUT2D eigenvalue weighted by Crippen LogP contribution is 2.36. The number of fused-ring (bicyclic) bond motifs is 3. The summed E-state index contributed by atoms with van der Waals surface area (Å²) >= 11 is 0. The lowest BCUT2D eigenvalue weighted by atomic mass is 10.1. The van der Waals surface area contributed by atoms with Crippen molar-refractivity contribution < 1.29 is 13.9 Å². The van der Waals surface area contributed by atoms with E-state index in [0.29, 0.717) is 17.0 Å². The van der Waals surface area contributed by atoms with Gasteiger partial charge in [-0.15, -0.1) is 0 Å². The zero-order valence-corrected chi connectivity index (χ0v) is 11.8. The van der Waals surface area contributed by atoms with E-state index in [9.17, 15) is 4.79 Å². The molecule has 3 aromatic rings. The van der Waals surface area contributed by atoms with Crippen molar-refractivity contribution in [2.24, 2.45) is 5.73 Å². The number of amides is 1. The fourth-order valence-corrected chi connectivity index (χ4v) is 2.26. The van der Waals surface area contributed by atoms with Crippen LogP contribution in [0.1, 0.15) is 6.92 Å². The minimum atomic E-state index is -0.596. The Morgan fingerprint density at radius 2 is 2.00 bits per heavy atom. The third-order valence-electron chi connectivity index (χ3n) is 3.37. The lowest BCUT2D eigenvalue weighted by molar-refractivity contribution is -0.117. The second-order valence-electron chi connectivity index (χ2n) is 4.92. The molecule has 0 aliphatic rings. The van der Waals surface area contributed by atoms with E-state index in [1.165, 1.54) is 0 Å². The van der Waals surface area contributed by atoms with Crippen molar-refractivity contribution in [2.75, 3.05) is 12.4 Å². The van der Waals surface area contributed by atoms with Crippen molar-refractivity contribution >= 4 is 33.5 Å². The van der Waals surface area contributed by atoms with Crippen LogP contribution >= 0.6 is 0 Å². The molecular weight excluding hydrogens is 268 g/mol. The normalized spacial score (nSPS) is 12.5. The van der Waals surface area contributed by atoms with Crippen LogP contribution in [0.15, 0.2) is 40.8 Å². The van der Waals surface area contributed by atoms with Gasteiger partial charge in [-0.2, -0.15) is 0 Å². The van der Waals surface area contributed by atoms with Crippen LogP contribution in [-0.2, 0) is 4.79 Å². The summed E-state index contributed by atoms with van der Waals surface area (Å²) < 4.78 is 11.2. The molecule has 1 aromatic heterocycles. The zero-order chi connectivity index (χ0) is 15.0. The van der Waals surface area contributed by atoms with Crippen LogP contribution in [0.4, 0.5) is 5.69 Å². The Kier molecular flexibility index (Phi) is 3.27. The van der Waals surface area contributed by atoms with Crippen LogP contribution in [0.3, 0.4) is 0 Å². The van der Waals surface area contributed by atoms with Crippen molar-refractivity contribution in [2.45, 2.75) is 13.0 Å². The lowest BCUT2D eigenvalue weighted by Gasteiger charge is -2.11. The molecule has 0 radical (unpaired) electrons. The lowest BCUT2D eigenvalue weighted by Crippen LogP contribution is -2.32. The smallest absolute Gasteiger partial charge is 0.241 e. The van der Waals surface area contributed by atoms with Crippen molar-refractivity contribution in [1.29, 1.82) is 0 Å². The number of para-hydroxylation sites is 1. The highest BCUT2D eigenvalue weighted by Gasteiger charge is 2.15. The number of nitrogens with one attached hydrogen (secondary N) is 1. The molecule has 0 saturated carbocycles. The van der Waals surface area contributed by atoms with E-state index in [1.807, 2.05) is 30.3 Å². The first-order valence-electron chi connectivity index (χ1n) is 6.66. The van der Waals surface area contributed by atoms with Crippen molar-refractivity contribution in [3.8, 4) is 5.75 Å².